The summed E-state index contributed by atoms with van der Waals surface area (Å²) in [6.07, 6.45) is 2.64. The number of aromatic nitrogens is 2. The van der Waals surface area contributed by atoms with Gasteiger partial charge in [0.15, 0.2) is 0 Å². The first kappa shape index (κ1) is 11.0. The maximum atomic E-state index is 13.0. The fourth-order valence-electron chi connectivity index (χ4n) is 0.760. The summed E-state index contributed by atoms with van der Waals surface area (Å²) in [4.78, 5) is 10.8. The van der Waals surface area contributed by atoms with E-state index in [2.05, 4.69) is 9.84 Å². The Bertz CT molecular complexity index is 340. The summed E-state index contributed by atoms with van der Waals surface area (Å²) in [5.74, 6) is -1.56. The molecule has 0 saturated heterocycles. The van der Waals surface area contributed by atoms with Crippen LogP contribution in [0.4, 0.5) is 8.78 Å². The third-order valence-electron chi connectivity index (χ3n) is 1.35. The molecule has 1 aromatic rings. The Balaban J connectivity index is 2.72. The van der Waals surface area contributed by atoms with E-state index in [0.29, 0.717) is 0 Å². The molecule has 0 fully saturated rings. The standard InChI is InChI=1S/C7H8F2N2O2S/c1-11-4-5(3-10-11)14-7(8,9)6(12)13-2/h3-4H,1-2H3. The van der Waals surface area contributed by atoms with Crippen LogP contribution >= 0.6 is 11.8 Å². The molecular weight excluding hydrogens is 214 g/mol. The quantitative estimate of drug-likeness (QED) is 0.570. The number of halogens is 2. The minimum atomic E-state index is -3.57. The summed E-state index contributed by atoms with van der Waals surface area (Å²) in [6, 6.07) is 0. The van der Waals surface area contributed by atoms with Crippen LogP contribution in [0.5, 0.6) is 0 Å². The van der Waals surface area contributed by atoms with Crippen molar-refractivity contribution in [1.82, 2.24) is 9.78 Å². The van der Waals surface area contributed by atoms with Crippen LogP contribution in [0, 0.1) is 0 Å². The second-order valence-electron chi connectivity index (χ2n) is 2.46. The second kappa shape index (κ2) is 3.95. The molecule has 0 aromatic carbocycles. The Labute approximate surface area is 83.2 Å². The Morgan fingerprint density at radius 3 is 2.79 bits per heavy atom. The molecule has 78 valence electrons. The average molecular weight is 222 g/mol. The van der Waals surface area contributed by atoms with Crippen LogP contribution in [0.3, 0.4) is 0 Å². The Morgan fingerprint density at radius 1 is 1.71 bits per heavy atom. The number of rotatable bonds is 3. The van der Waals surface area contributed by atoms with Crippen molar-refractivity contribution in [2.75, 3.05) is 7.11 Å². The minimum Gasteiger partial charge on any atom is -0.464 e. The van der Waals surface area contributed by atoms with E-state index in [1.54, 1.807) is 7.05 Å². The third kappa shape index (κ3) is 2.44. The molecule has 0 spiro atoms. The number of hydrogen-bond acceptors (Lipinski definition) is 4. The zero-order chi connectivity index (χ0) is 10.8. The van der Waals surface area contributed by atoms with Gasteiger partial charge in [0.25, 0.3) is 0 Å². The van der Waals surface area contributed by atoms with Crippen LogP contribution in [0.15, 0.2) is 17.3 Å². The van der Waals surface area contributed by atoms with Gasteiger partial charge in [-0.15, -0.1) is 0 Å². The van der Waals surface area contributed by atoms with Crippen LogP contribution in [-0.2, 0) is 16.6 Å². The lowest BCUT2D eigenvalue weighted by atomic mass is 10.7. The zero-order valence-electron chi connectivity index (χ0n) is 7.53. The van der Waals surface area contributed by atoms with Crippen LogP contribution in [0.25, 0.3) is 0 Å². The molecule has 1 aromatic heterocycles. The number of hydrogen-bond donors (Lipinski definition) is 0. The largest absolute Gasteiger partial charge is 0.464 e. The van der Waals surface area contributed by atoms with Crippen molar-refractivity contribution in [2.45, 2.75) is 10.2 Å². The van der Waals surface area contributed by atoms with Gasteiger partial charge in [-0.05, 0) is 11.8 Å². The van der Waals surface area contributed by atoms with E-state index >= 15 is 0 Å². The molecule has 0 bridgehead atoms. The van der Waals surface area contributed by atoms with Gasteiger partial charge in [-0.2, -0.15) is 13.9 Å². The zero-order valence-corrected chi connectivity index (χ0v) is 8.35. The number of carbonyl (C=O) groups excluding carboxylic acids is 1. The first-order valence-corrected chi connectivity index (χ1v) is 4.41. The van der Waals surface area contributed by atoms with Gasteiger partial charge in [0, 0.05) is 13.2 Å². The SMILES string of the molecule is COC(=O)C(F)(F)Sc1cnn(C)c1. The average Bonchev–Trinajstić information content (AvgIpc) is 2.48. The van der Waals surface area contributed by atoms with Crippen molar-refractivity contribution in [3.05, 3.63) is 12.4 Å². The van der Waals surface area contributed by atoms with E-state index < -0.39 is 11.2 Å². The minimum absolute atomic E-state index is 0.108. The van der Waals surface area contributed by atoms with E-state index in [0.717, 1.165) is 7.11 Å². The lowest BCUT2D eigenvalue weighted by Gasteiger charge is -2.10. The van der Waals surface area contributed by atoms with Gasteiger partial charge in [-0.1, -0.05) is 0 Å². The number of aryl methyl sites for hydroxylation is 1. The number of nitrogens with zero attached hydrogens (tertiary/aromatic N) is 2. The molecule has 0 N–H and O–H groups in total. The van der Waals surface area contributed by atoms with Crippen LogP contribution < -0.4 is 0 Å². The molecule has 14 heavy (non-hydrogen) atoms. The number of alkyl halides is 2. The predicted molar refractivity (Wildman–Crippen MR) is 46.0 cm³/mol. The molecule has 0 aliphatic rings. The molecule has 0 aliphatic carbocycles. The molecule has 1 rings (SSSR count). The van der Waals surface area contributed by atoms with Crippen molar-refractivity contribution < 1.29 is 18.3 Å². The molecule has 0 aliphatic heterocycles. The first-order valence-electron chi connectivity index (χ1n) is 3.59. The van der Waals surface area contributed by atoms with Crippen LogP contribution in [0.1, 0.15) is 0 Å². The highest BCUT2D eigenvalue weighted by Crippen LogP contribution is 2.36. The maximum Gasteiger partial charge on any atom is 0.393 e. The number of ether oxygens (including phenoxy) is 1. The molecule has 0 unspecified atom stereocenters. The van der Waals surface area contributed by atoms with Crippen molar-refractivity contribution >= 4 is 17.7 Å². The number of thioether (sulfide) groups is 1. The molecule has 0 saturated carbocycles. The molecule has 7 heteroatoms. The summed E-state index contributed by atoms with van der Waals surface area (Å²) >= 11 is 0.108. The third-order valence-corrected chi connectivity index (χ3v) is 2.22. The van der Waals surface area contributed by atoms with Gasteiger partial charge >= 0.3 is 11.2 Å². The summed E-state index contributed by atoms with van der Waals surface area (Å²) in [6.45, 7) is 0. The Kier molecular flexibility index (Phi) is 3.10. The van der Waals surface area contributed by atoms with E-state index in [-0.39, 0.29) is 16.7 Å². The molecule has 0 radical (unpaired) electrons. The van der Waals surface area contributed by atoms with E-state index in [1.165, 1.54) is 17.1 Å². The molecule has 0 amide bonds. The summed E-state index contributed by atoms with van der Waals surface area (Å²) < 4.78 is 31.3. The van der Waals surface area contributed by atoms with Crippen molar-refractivity contribution in [3.63, 3.8) is 0 Å². The maximum absolute atomic E-state index is 13.0. The fourth-order valence-corrected chi connectivity index (χ4v) is 1.53. The van der Waals surface area contributed by atoms with Gasteiger partial charge in [-0.3, -0.25) is 4.68 Å². The molecular formula is C7H8F2N2O2S. The highest BCUT2D eigenvalue weighted by atomic mass is 32.2. The van der Waals surface area contributed by atoms with Gasteiger partial charge in [-0.25, -0.2) is 4.79 Å². The van der Waals surface area contributed by atoms with E-state index in [4.69, 9.17) is 0 Å². The molecule has 0 atom stereocenters. The Hall–Kier alpha value is -1.11. The lowest BCUT2D eigenvalue weighted by Crippen LogP contribution is -2.25. The monoisotopic (exact) mass is 222 g/mol. The smallest absolute Gasteiger partial charge is 0.393 e. The number of carbonyl (C=O) groups is 1. The molecule has 1 heterocycles. The van der Waals surface area contributed by atoms with Crippen molar-refractivity contribution in [1.29, 1.82) is 0 Å². The topological polar surface area (TPSA) is 44.1 Å². The van der Waals surface area contributed by atoms with E-state index in [1.807, 2.05) is 0 Å². The van der Waals surface area contributed by atoms with Crippen molar-refractivity contribution in [2.24, 2.45) is 7.05 Å². The summed E-state index contributed by atoms with van der Waals surface area (Å²) in [7, 11) is 2.51. The van der Waals surface area contributed by atoms with Crippen LogP contribution in [-0.4, -0.2) is 28.1 Å². The van der Waals surface area contributed by atoms with Crippen molar-refractivity contribution in [3.8, 4) is 0 Å². The van der Waals surface area contributed by atoms with E-state index in [9.17, 15) is 13.6 Å². The van der Waals surface area contributed by atoms with Gasteiger partial charge in [0.1, 0.15) is 0 Å². The summed E-state index contributed by atoms with van der Waals surface area (Å²) in [5, 5.41) is 0.125. The predicted octanol–water partition coefficient (Wildman–Crippen LogP) is 1.28. The molecule has 4 nitrogen and oxygen atoms in total. The number of methoxy groups -OCH3 is 1. The van der Waals surface area contributed by atoms with Gasteiger partial charge in [0.05, 0.1) is 18.2 Å². The normalized spacial score (nSPS) is 11.4. The first-order chi connectivity index (χ1) is 6.45. The highest BCUT2D eigenvalue weighted by Gasteiger charge is 2.41. The highest BCUT2D eigenvalue weighted by molar-refractivity contribution is 8.01. The van der Waals surface area contributed by atoms with Gasteiger partial charge in [0.2, 0.25) is 0 Å². The Morgan fingerprint density at radius 2 is 2.36 bits per heavy atom. The lowest BCUT2D eigenvalue weighted by molar-refractivity contribution is -0.156. The number of esters is 1. The second-order valence-corrected chi connectivity index (χ2v) is 3.65. The summed E-state index contributed by atoms with van der Waals surface area (Å²) in [5.41, 5.74) is 0. The van der Waals surface area contributed by atoms with Gasteiger partial charge < -0.3 is 4.74 Å². The fraction of sp³-hybridized carbons (Fsp3) is 0.429. The van der Waals surface area contributed by atoms with Crippen LogP contribution in [0.2, 0.25) is 0 Å².